The fraction of sp³-hybridized carbons (Fsp3) is 0.143. The van der Waals surface area contributed by atoms with Crippen molar-refractivity contribution < 1.29 is 4.39 Å². The van der Waals surface area contributed by atoms with Gasteiger partial charge in [-0.1, -0.05) is 44.0 Å². The summed E-state index contributed by atoms with van der Waals surface area (Å²) in [6, 6.07) is 12.9. The lowest BCUT2D eigenvalue weighted by Gasteiger charge is -2.16. The number of hydrogen-bond donors (Lipinski definition) is 1. The third-order valence-electron chi connectivity index (χ3n) is 2.65. The van der Waals surface area contributed by atoms with Crippen LogP contribution >= 0.6 is 31.9 Å². The molecule has 2 rings (SSSR count). The lowest BCUT2D eigenvalue weighted by atomic mass is 10.1. The SMILES string of the molecule is CC(Nc1cc(Br)ccc1F)c1cccc(Br)c1. The quantitative estimate of drug-likeness (QED) is 0.747. The van der Waals surface area contributed by atoms with Gasteiger partial charge in [-0.3, -0.25) is 0 Å². The van der Waals surface area contributed by atoms with Crippen molar-refractivity contribution in [2.24, 2.45) is 0 Å². The molecule has 0 saturated heterocycles. The van der Waals surface area contributed by atoms with Gasteiger partial charge < -0.3 is 5.32 Å². The van der Waals surface area contributed by atoms with Crippen molar-refractivity contribution in [2.75, 3.05) is 5.32 Å². The molecule has 0 amide bonds. The molecule has 4 heteroatoms. The smallest absolute Gasteiger partial charge is 0.146 e. The molecule has 1 atom stereocenters. The summed E-state index contributed by atoms with van der Waals surface area (Å²) in [5, 5.41) is 3.17. The predicted molar refractivity (Wildman–Crippen MR) is 80.3 cm³/mol. The van der Waals surface area contributed by atoms with E-state index in [4.69, 9.17) is 0 Å². The molecule has 0 spiro atoms. The first kappa shape index (κ1) is 13.6. The van der Waals surface area contributed by atoms with Crippen LogP contribution in [0.15, 0.2) is 51.4 Å². The van der Waals surface area contributed by atoms with Gasteiger partial charge in [0.2, 0.25) is 0 Å². The molecule has 1 nitrogen and oxygen atoms in total. The zero-order valence-electron chi connectivity index (χ0n) is 9.75. The van der Waals surface area contributed by atoms with Crippen molar-refractivity contribution >= 4 is 37.5 Å². The number of hydrogen-bond acceptors (Lipinski definition) is 1. The summed E-state index contributed by atoms with van der Waals surface area (Å²) < 4.78 is 15.5. The fourth-order valence-electron chi connectivity index (χ4n) is 1.70. The van der Waals surface area contributed by atoms with Gasteiger partial charge >= 0.3 is 0 Å². The van der Waals surface area contributed by atoms with Crippen LogP contribution in [-0.4, -0.2) is 0 Å². The van der Waals surface area contributed by atoms with Crippen LogP contribution in [0.4, 0.5) is 10.1 Å². The average molecular weight is 373 g/mol. The maximum Gasteiger partial charge on any atom is 0.146 e. The first-order valence-electron chi connectivity index (χ1n) is 5.53. The van der Waals surface area contributed by atoms with Crippen molar-refractivity contribution in [1.82, 2.24) is 0 Å². The highest BCUT2D eigenvalue weighted by atomic mass is 79.9. The number of anilines is 1. The molecule has 0 saturated carbocycles. The monoisotopic (exact) mass is 371 g/mol. The Morgan fingerprint density at radius 3 is 2.50 bits per heavy atom. The summed E-state index contributed by atoms with van der Waals surface area (Å²) in [5.74, 6) is -0.250. The molecule has 0 bridgehead atoms. The van der Waals surface area contributed by atoms with E-state index in [0.717, 1.165) is 14.5 Å². The van der Waals surface area contributed by atoms with Crippen molar-refractivity contribution in [3.05, 3.63) is 62.8 Å². The van der Waals surface area contributed by atoms with Crippen LogP contribution in [0.5, 0.6) is 0 Å². The van der Waals surface area contributed by atoms with E-state index in [1.165, 1.54) is 6.07 Å². The molecule has 0 radical (unpaired) electrons. The van der Waals surface area contributed by atoms with Crippen molar-refractivity contribution in [2.45, 2.75) is 13.0 Å². The number of rotatable bonds is 3. The summed E-state index contributed by atoms with van der Waals surface area (Å²) in [6.45, 7) is 2.00. The molecular formula is C14H12Br2FN. The lowest BCUT2D eigenvalue weighted by molar-refractivity contribution is 0.627. The Labute approximate surface area is 123 Å². The van der Waals surface area contributed by atoms with E-state index in [1.807, 2.05) is 31.2 Å². The van der Waals surface area contributed by atoms with Crippen LogP contribution < -0.4 is 5.32 Å². The largest absolute Gasteiger partial charge is 0.376 e. The minimum Gasteiger partial charge on any atom is -0.376 e. The highest BCUT2D eigenvalue weighted by Gasteiger charge is 2.09. The summed E-state index contributed by atoms with van der Waals surface area (Å²) in [5.41, 5.74) is 1.60. The van der Waals surface area contributed by atoms with Gasteiger partial charge in [0.1, 0.15) is 5.82 Å². The third kappa shape index (κ3) is 3.33. The van der Waals surface area contributed by atoms with E-state index in [2.05, 4.69) is 37.2 Å². The van der Waals surface area contributed by atoms with Crippen LogP contribution in [0.2, 0.25) is 0 Å². The molecule has 0 aliphatic carbocycles. The van der Waals surface area contributed by atoms with Gasteiger partial charge in [-0.05, 0) is 42.8 Å². The topological polar surface area (TPSA) is 12.0 Å². The van der Waals surface area contributed by atoms with E-state index in [9.17, 15) is 4.39 Å². The zero-order valence-corrected chi connectivity index (χ0v) is 12.9. The minimum atomic E-state index is -0.250. The van der Waals surface area contributed by atoms with Crippen LogP contribution in [0, 0.1) is 5.82 Å². The van der Waals surface area contributed by atoms with Gasteiger partial charge in [-0.25, -0.2) is 4.39 Å². The van der Waals surface area contributed by atoms with Crippen molar-refractivity contribution in [3.8, 4) is 0 Å². The number of halogens is 3. The minimum absolute atomic E-state index is 0.0336. The summed E-state index contributed by atoms with van der Waals surface area (Å²) in [7, 11) is 0. The van der Waals surface area contributed by atoms with E-state index >= 15 is 0 Å². The van der Waals surface area contributed by atoms with Gasteiger partial charge in [0, 0.05) is 15.0 Å². The first-order valence-corrected chi connectivity index (χ1v) is 7.12. The van der Waals surface area contributed by atoms with Gasteiger partial charge in [0.05, 0.1) is 5.69 Å². The highest BCUT2D eigenvalue weighted by Crippen LogP contribution is 2.26. The summed E-state index contributed by atoms with van der Waals surface area (Å²) in [6.07, 6.45) is 0. The number of nitrogens with one attached hydrogen (secondary N) is 1. The second-order valence-corrected chi connectivity index (χ2v) is 5.88. The molecule has 1 N–H and O–H groups in total. The van der Waals surface area contributed by atoms with Crippen molar-refractivity contribution in [3.63, 3.8) is 0 Å². The summed E-state index contributed by atoms with van der Waals surface area (Å²) in [4.78, 5) is 0. The molecule has 0 aliphatic rings. The lowest BCUT2D eigenvalue weighted by Crippen LogP contribution is -2.07. The van der Waals surface area contributed by atoms with Gasteiger partial charge in [0.15, 0.2) is 0 Å². The predicted octanol–water partition coefficient (Wildman–Crippen LogP) is 5.52. The van der Waals surface area contributed by atoms with E-state index in [-0.39, 0.29) is 11.9 Å². The van der Waals surface area contributed by atoms with Gasteiger partial charge in [-0.15, -0.1) is 0 Å². The average Bonchev–Trinajstić information content (AvgIpc) is 2.34. The molecular weight excluding hydrogens is 361 g/mol. The molecule has 0 fully saturated rings. The van der Waals surface area contributed by atoms with E-state index < -0.39 is 0 Å². The first-order chi connectivity index (χ1) is 8.56. The molecule has 18 heavy (non-hydrogen) atoms. The van der Waals surface area contributed by atoms with Crippen LogP contribution in [0.1, 0.15) is 18.5 Å². The highest BCUT2D eigenvalue weighted by molar-refractivity contribution is 9.10. The molecule has 2 aromatic carbocycles. The summed E-state index contributed by atoms with van der Waals surface area (Å²) >= 11 is 6.77. The molecule has 0 heterocycles. The van der Waals surface area contributed by atoms with Gasteiger partial charge in [0.25, 0.3) is 0 Å². The van der Waals surface area contributed by atoms with Crippen molar-refractivity contribution in [1.29, 1.82) is 0 Å². The molecule has 1 unspecified atom stereocenters. The molecule has 0 aromatic heterocycles. The Morgan fingerprint density at radius 2 is 1.78 bits per heavy atom. The Bertz CT molecular complexity index is 557. The molecule has 2 aromatic rings. The Balaban J connectivity index is 2.21. The zero-order chi connectivity index (χ0) is 13.1. The van der Waals surface area contributed by atoms with Crippen LogP contribution in [0.25, 0.3) is 0 Å². The third-order valence-corrected chi connectivity index (χ3v) is 3.64. The van der Waals surface area contributed by atoms with E-state index in [1.54, 1.807) is 12.1 Å². The molecule has 94 valence electrons. The number of benzene rings is 2. The van der Waals surface area contributed by atoms with Crippen LogP contribution in [-0.2, 0) is 0 Å². The fourth-order valence-corrected chi connectivity index (χ4v) is 2.48. The van der Waals surface area contributed by atoms with Crippen LogP contribution in [0.3, 0.4) is 0 Å². The molecule has 0 aliphatic heterocycles. The van der Waals surface area contributed by atoms with E-state index in [0.29, 0.717) is 5.69 Å². The Kier molecular flexibility index (Phi) is 4.40. The standard InChI is InChI=1S/C14H12Br2FN/c1-9(10-3-2-4-11(15)7-10)18-14-8-12(16)5-6-13(14)17/h2-9,18H,1H3. The van der Waals surface area contributed by atoms with Gasteiger partial charge in [-0.2, -0.15) is 0 Å². The second-order valence-electron chi connectivity index (χ2n) is 4.05. The normalized spacial score (nSPS) is 12.2. The Hall–Kier alpha value is -0.870. The Morgan fingerprint density at radius 1 is 1.06 bits per heavy atom. The maximum absolute atomic E-state index is 13.6. The second kappa shape index (κ2) is 5.85. The maximum atomic E-state index is 13.6.